The molecule has 0 amide bonds. The van der Waals surface area contributed by atoms with E-state index in [2.05, 4.69) is 10.2 Å². The molecule has 0 radical (unpaired) electrons. The molecule has 0 saturated heterocycles. The maximum absolute atomic E-state index is 12.6. The van der Waals surface area contributed by atoms with Gasteiger partial charge >= 0.3 is 0 Å². The van der Waals surface area contributed by atoms with Crippen molar-refractivity contribution < 1.29 is 13.5 Å². The third-order valence-corrected chi connectivity index (χ3v) is 6.14. The van der Waals surface area contributed by atoms with Crippen molar-refractivity contribution in [1.29, 1.82) is 5.26 Å². The van der Waals surface area contributed by atoms with E-state index in [4.69, 9.17) is 0 Å². The van der Waals surface area contributed by atoms with E-state index in [1.54, 1.807) is 18.2 Å². The number of rotatable bonds is 4. The summed E-state index contributed by atoms with van der Waals surface area (Å²) in [5.74, 6) is -0.440. The van der Waals surface area contributed by atoms with Crippen molar-refractivity contribution in [2.45, 2.75) is 16.7 Å². The van der Waals surface area contributed by atoms with Crippen molar-refractivity contribution in [3.05, 3.63) is 76.1 Å². The first-order valence-corrected chi connectivity index (χ1v) is 9.90. The van der Waals surface area contributed by atoms with E-state index in [0.717, 1.165) is 4.57 Å². The van der Waals surface area contributed by atoms with Crippen LogP contribution in [0.4, 0.5) is 11.4 Å². The lowest BCUT2D eigenvalue weighted by Gasteiger charge is -2.08. The molecule has 1 heterocycles. The van der Waals surface area contributed by atoms with Crippen molar-refractivity contribution in [1.82, 2.24) is 4.57 Å². The molecule has 8 nitrogen and oxygen atoms in total. The average molecular weight is 408 g/mol. The summed E-state index contributed by atoms with van der Waals surface area (Å²) < 4.78 is 26.1. The molecule has 1 aromatic heterocycles. The van der Waals surface area contributed by atoms with Crippen LogP contribution in [0.3, 0.4) is 0 Å². The monoisotopic (exact) mass is 408 g/mol. The molecule has 1 N–H and O–H groups in total. The van der Waals surface area contributed by atoms with Crippen LogP contribution in [0.1, 0.15) is 11.1 Å². The number of benzene rings is 2. The van der Waals surface area contributed by atoms with Crippen LogP contribution < -0.4 is 5.56 Å². The van der Waals surface area contributed by atoms with Crippen LogP contribution >= 0.6 is 0 Å². The molecule has 0 aliphatic carbocycles. The second-order valence-corrected chi connectivity index (χ2v) is 8.11. The zero-order valence-corrected chi connectivity index (χ0v) is 16.4. The van der Waals surface area contributed by atoms with Crippen molar-refractivity contribution in [2.75, 3.05) is 0 Å². The number of aromatic hydroxyl groups is 1. The molecule has 0 fully saturated rings. The molecule has 0 bridgehead atoms. The highest BCUT2D eigenvalue weighted by Crippen LogP contribution is 2.27. The molecule has 0 spiro atoms. The highest BCUT2D eigenvalue weighted by Gasteiger charge is 2.18. The lowest BCUT2D eigenvalue weighted by molar-refractivity contribution is 0.421. The van der Waals surface area contributed by atoms with Crippen molar-refractivity contribution in [2.24, 2.45) is 17.3 Å². The molecule has 0 unspecified atom stereocenters. The summed E-state index contributed by atoms with van der Waals surface area (Å²) in [6.07, 6.45) is 0. The van der Waals surface area contributed by atoms with Crippen LogP contribution in [-0.4, -0.2) is 18.1 Å². The van der Waals surface area contributed by atoms with E-state index in [0.29, 0.717) is 5.69 Å². The zero-order valence-electron chi connectivity index (χ0n) is 15.6. The maximum Gasteiger partial charge on any atom is 0.281 e. The summed E-state index contributed by atoms with van der Waals surface area (Å²) >= 11 is 0. The predicted octanol–water partition coefficient (Wildman–Crippen LogP) is 3.52. The van der Waals surface area contributed by atoms with E-state index >= 15 is 0 Å². The van der Waals surface area contributed by atoms with Gasteiger partial charge in [0.1, 0.15) is 11.6 Å². The van der Waals surface area contributed by atoms with E-state index in [-0.39, 0.29) is 26.6 Å². The predicted molar refractivity (Wildman–Crippen MR) is 105 cm³/mol. The van der Waals surface area contributed by atoms with Gasteiger partial charge < -0.3 is 5.11 Å². The first-order valence-electron chi connectivity index (χ1n) is 8.42. The van der Waals surface area contributed by atoms with Gasteiger partial charge in [0.2, 0.25) is 15.7 Å². The molecule has 0 atom stereocenters. The van der Waals surface area contributed by atoms with E-state index in [1.165, 1.54) is 50.4 Å². The van der Waals surface area contributed by atoms with Gasteiger partial charge in [0.05, 0.1) is 15.5 Å². The Morgan fingerprint density at radius 2 is 1.59 bits per heavy atom. The minimum atomic E-state index is -3.65. The van der Waals surface area contributed by atoms with Gasteiger partial charge in [-0.05, 0) is 43.3 Å². The third-order valence-electron chi connectivity index (χ3n) is 4.36. The molecular formula is C20H16N4O4S. The first-order chi connectivity index (χ1) is 13.8. The van der Waals surface area contributed by atoms with Crippen LogP contribution in [0.5, 0.6) is 5.88 Å². The fourth-order valence-electron chi connectivity index (χ4n) is 2.66. The fraction of sp³-hybridized carbons (Fsp3) is 0.100. The van der Waals surface area contributed by atoms with Gasteiger partial charge in [-0.3, -0.25) is 9.36 Å². The summed E-state index contributed by atoms with van der Waals surface area (Å²) in [4.78, 5) is 12.6. The van der Waals surface area contributed by atoms with Crippen molar-refractivity contribution in [3.8, 4) is 11.9 Å². The number of nitrogens with zero attached hydrogens (tertiary/aromatic N) is 4. The molecule has 0 saturated carbocycles. The number of aromatic nitrogens is 1. The Labute approximate surface area is 166 Å². The van der Waals surface area contributed by atoms with Crippen LogP contribution in [0, 0.1) is 18.3 Å². The average Bonchev–Trinajstić information content (AvgIpc) is 2.73. The highest BCUT2D eigenvalue weighted by molar-refractivity contribution is 7.91. The number of hydrogen-bond acceptors (Lipinski definition) is 7. The minimum absolute atomic E-state index is 0.0645. The Hall–Kier alpha value is -3.77. The molecule has 146 valence electrons. The molecule has 2 aromatic carbocycles. The molecule has 3 aromatic rings. The molecule has 9 heteroatoms. The van der Waals surface area contributed by atoms with Gasteiger partial charge in [0.25, 0.3) is 5.56 Å². The van der Waals surface area contributed by atoms with E-state index in [1.807, 2.05) is 6.07 Å². The Kier molecular flexibility index (Phi) is 5.30. The number of hydrogen-bond donors (Lipinski definition) is 1. The van der Waals surface area contributed by atoms with Crippen LogP contribution in [0.15, 0.2) is 79.4 Å². The normalized spacial score (nSPS) is 11.5. The largest absolute Gasteiger partial charge is 0.493 e. The smallest absolute Gasteiger partial charge is 0.281 e. The Bertz CT molecular complexity index is 1300. The Balaban J connectivity index is 1.96. The van der Waals surface area contributed by atoms with Gasteiger partial charge in [0.15, 0.2) is 5.69 Å². The number of nitriles is 1. The quantitative estimate of drug-likeness (QED) is 0.661. The molecular weight excluding hydrogens is 392 g/mol. The second kappa shape index (κ2) is 7.69. The molecule has 3 rings (SSSR count). The summed E-state index contributed by atoms with van der Waals surface area (Å²) in [7, 11) is -2.33. The number of pyridine rings is 1. The summed E-state index contributed by atoms with van der Waals surface area (Å²) in [5, 5.41) is 26.9. The molecule has 29 heavy (non-hydrogen) atoms. The Morgan fingerprint density at radius 1 is 1.00 bits per heavy atom. The summed E-state index contributed by atoms with van der Waals surface area (Å²) in [6.45, 7) is 1.49. The fourth-order valence-corrected chi connectivity index (χ4v) is 3.94. The van der Waals surface area contributed by atoms with Gasteiger partial charge in [-0.15, -0.1) is 5.11 Å². The standard InChI is InChI=1S/C20H16N4O4S/c1-13-17(12-21)19(25)24(2)20(26)18(13)23-22-14-8-10-16(11-9-14)29(27,28)15-6-4-3-5-7-15/h3-11,25H,1-2H3. The topological polar surface area (TPSA) is 125 Å². The van der Waals surface area contributed by atoms with Gasteiger partial charge in [-0.2, -0.15) is 10.4 Å². The molecule has 0 aliphatic rings. The highest BCUT2D eigenvalue weighted by atomic mass is 32.2. The summed E-state index contributed by atoms with van der Waals surface area (Å²) in [6, 6.07) is 15.6. The third kappa shape index (κ3) is 3.66. The minimum Gasteiger partial charge on any atom is -0.493 e. The number of sulfone groups is 1. The molecule has 0 aliphatic heterocycles. The van der Waals surface area contributed by atoms with E-state index < -0.39 is 21.3 Å². The Morgan fingerprint density at radius 3 is 2.17 bits per heavy atom. The SMILES string of the molecule is Cc1c(C#N)c(O)n(C)c(=O)c1N=Nc1ccc(S(=O)(=O)c2ccccc2)cc1. The number of azo groups is 1. The van der Waals surface area contributed by atoms with Gasteiger partial charge in [-0.25, -0.2) is 8.42 Å². The summed E-state index contributed by atoms with van der Waals surface area (Å²) in [5.41, 5.74) is -0.218. The second-order valence-electron chi connectivity index (χ2n) is 6.16. The van der Waals surface area contributed by atoms with Crippen molar-refractivity contribution >= 4 is 21.2 Å². The lowest BCUT2D eigenvalue weighted by Crippen LogP contribution is -2.18. The van der Waals surface area contributed by atoms with Gasteiger partial charge in [0, 0.05) is 12.6 Å². The van der Waals surface area contributed by atoms with Crippen LogP contribution in [0.25, 0.3) is 0 Å². The maximum atomic E-state index is 12.6. The van der Waals surface area contributed by atoms with Gasteiger partial charge in [-0.1, -0.05) is 18.2 Å². The zero-order chi connectivity index (χ0) is 21.2. The van der Waals surface area contributed by atoms with Crippen LogP contribution in [0.2, 0.25) is 0 Å². The van der Waals surface area contributed by atoms with E-state index in [9.17, 15) is 23.6 Å². The van der Waals surface area contributed by atoms with Crippen molar-refractivity contribution in [3.63, 3.8) is 0 Å². The first kappa shape index (κ1) is 20.0. The lowest BCUT2D eigenvalue weighted by atomic mass is 10.1. The van der Waals surface area contributed by atoms with Crippen LogP contribution in [-0.2, 0) is 16.9 Å².